The van der Waals surface area contributed by atoms with E-state index in [0.29, 0.717) is 19.3 Å². The van der Waals surface area contributed by atoms with E-state index < -0.39 is 40.6 Å². The molecule has 5 nitrogen and oxygen atoms in total. The van der Waals surface area contributed by atoms with Gasteiger partial charge in [0.25, 0.3) is 0 Å². The number of hydrogen-bond acceptors (Lipinski definition) is 3. The van der Waals surface area contributed by atoms with Crippen molar-refractivity contribution in [2.45, 2.75) is 36.6 Å². The fourth-order valence-corrected chi connectivity index (χ4v) is 6.68. The van der Waals surface area contributed by atoms with Gasteiger partial charge in [-0.3, -0.25) is 0 Å². The fraction of sp³-hybridized carbons (Fsp3) is 0.286. The number of aliphatic carboxylic acids is 1. The number of carboxylic acids is 1. The quantitative estimate of drug-likeness (QED) is 0.502. The molecule has 0 radical (unpaired) electrons. The predicted octanol–water partition coefficient (Wildman–Crippen LogP) is 5.38. The van der Waals surface area contributed by atoms with Crippen LogP contribution in [-0.4, -0.2) is 29.8 Å². The van der Waals surface area contributed by atoms with Crippen LogP contribution < -0.4 is 5.32 Å². The Labute approximate surface area is 200 Å². The van der Waals surface area contributed by atoms with Gasteiger partial charge in [0.15, 0.2) is 0 Å². The van der Waals surface area contributed by atoms with Crippen molar-refractivity contribution in [3.05, 3.63) is 95.1 Å². The fourth-order valence-electron chi connectivity index (χ4n) is 6.68. The number of fused-ring (bicyclic) bond motifs is 3. The second-order valence-electron chi connectivity index (χ2n) is 10.0. The van der Waals surface area contributed by atoms with Crippen LogP contribution in [0, 0.1) is 17.0 Å². The zero-order valence-corrected chi connectivity index (χ0v) is 18.8. The average Bonchev–Trinajstić information content (AvgIpc) is 3.10. The highest BCUT2D eigenvalue weighted by atomic mass is 19.1. The van der Waals surface area contributed by atoms with Gasteiger partial charge in [0.1, 0.15) is 24.3 Å². The van der Waals surface area contributed by atoms with Crippen LogP contribution in [0.15, 0.2) is 66.7 Å². The zero-order valence-electron chi connectivity index (χ0n) is 18.8. The van der Waals surface area contributed by atoms with E-state index in [4.69, 9.17) is 4.74 Å². The number of hydrogen-bond donors (Lipinski definition) is 2. The number of halogens is 2. The van der Waals surface area contributed by atoms with Crippen molar-refractivity contribution >= 4 is 12.1 Å². The molecule has 35 heavy (non-hydrogen) atoms. The van der Waals surface area contributed by atoms with Crippen LogP contribution in [0.1, 0.15) is 41.9 Å². The van der Waals surface area contributed by atoms with Crippen LogP contribution in [0.4, 0.5) is 13.6 Å². The lowest BCUT2D eigenvalue weighted by molar-refractivity contribution is -0.184. The molecule has 178 valence electrons. The van der Waals surface area contributed by atoms with Crippen molar-refractivity contribution in [3.63, 3.8) is 0 Å². The number of nitrogens with one attached hydrogen (secondary N) is 1. The molecule has 4 aliphatic rings. The molecule has 2 bridgehead atoms. The molecule has 3 aromatic carbocycles. The summed E-state index contributed by atoms with van der Waals surface area (Å²) in [5, 5.41) is 12.4. The van der Waals surface area contributed by atoms with Crippen LogP contribution in [-0.2, 0) is 14.9 Å². The highest BCUT2D eigenvalue weighted by Gasteiger charge is 2.73. The predicted molar refractivity (Wildman–Crippen MR) is 124 cm³/mol. The second kappa shape index (κ2) is 7.63. The Morgan fingerprint density at radius 1 is 0.914 bits per heavy atom. The molecule has 0 saturated heterocycles. The summed E-state index contributed by atoms with van der Waals surface area (Å²) in [6.07, 6.45) is 0.102. The van der Waals surface area contributed by atoms with Gasteiger partial charge in [-0.1, -0.05) is 54.6 Å². The van der Waals surface area contributed by atoms with Crippen LogP contribution in [0.3, 0.4) is 0 Å². The Balaban J connectivity index is 1.14. The first-order valence-electron chi connectivity index (χ1n) is 11.6. The van der Waals surface area contributed by atoms with Gasteiger partial charge in [-0.25, -0.2) is 18.4 Å². The molecule has 3 saturated carbocycles. The lowest BCUT2D eigenvalue weighted by atomic mass is 9.31. The SMILES string of the molecule is O=C(NC(C(=O)O)C12CC(c3c(F)cccc3F)(C1)C2)OCC1c2ccccc2-c2ccccc21. The average molecular weight is 475 g/mol. The summed E-state index contributed by atoms with van der Waals surface area (Å²) in [6.45, 7) is 0.0730. The minimum atomic E-state index is -1.19. The minimum absolute atomic E-state index is 0.0205. The molecule has 0 aliphatic heterocycles. The maximum Gasteiger partial charge on any atom is 0.407 e. The molecule has 1 amide bonds. The van der Waals surface area contributed by atoms with E-state index in [1.807, 2.05) is 48.5 Å². The summed E-state index contributed by atoms with van der Waals surface area (Å²) >= 11 is 0. The van der Waals surface area contributed by atoms with E-state index in [1.54, 1.807) is 0 Å². The van der Waals surface area contributed by atoms with Gasteiger partial charge in [0, 0.05) is 22.3 Å². The molecule has 3 fully saturated rings. The molecule has 0 spiro atoms. The number of carboxylic acid groups (broad SMARTS) is 1. The maximum atomic E-state index is 14.3. The van der Waals surface area contributed by atoms with Crippen LogP contribution in [0.25, 0.3) is 11.1 Å². The van der Waals surface area contributed by atoms with Gasteiger partial charge >= 0.3 is 12.1 Å². The molecule has 0 aromatic heterocycles. The molecule has 4 aliphatic carbocycles. The Hall–Kier alpha value is -3.74. The third-order valence-corrected chi connectivity index (χ3v) is 8.03. The van der Waals surface area contributed by atoms with Crippen molar-refractivity contribution in [2.24, 2.45) is 5.41 Å². The number of amides is 1. The molecular weight excluding hydrogens is 452 g/mol. The van der Waals surface area contributed by atoms with Crippen LogP contribution in [0.5, 0.6) is 0 Å². The Morgan fingerprint density at radius 2 is 1.46 bits per heavy atom. The largest absolute Gasteiger partial charge is 0.480 e. The number of carbonyl (C=O) groups excluding carboxylic acids is 1. The van der Waals surface area contributed by atoms with Crippen molar-refractivity contribution in [1.29, 1.82) is 0 Å². The van der Waals surface area contributed by atoms with Crippen LogP contribution in [0.2, 0.25) is 0 Å². The summed E-state index contributed by atoms with van der Waals surface area (Å²) in [6, 6.07) is 18.4. The van der Waals surface area contributed by atoms with E-state index in [9.17, 15) is 23.5 Å². The normalized spacial score (nSPS) is 24.4. The van der Waals surface area contributed by atoms with Gasteiger partial charge in [-0.2, -0.15) is 0 Å². The monoisotopic (exact) mass is 475 g/mol. The first kappa shape index (κ1) is 21.8. The van der Waals surface area contributed by atoms with Gasteiger partial charge in [-0.05, 0) is 53.6 Å². The Kier molecular flexibility index (Phi) is 4.75. The summed E-state index contributed by atoms with van der Waals surface area (Å²) in [7, 11) is 0. The molecule has 0 heterocycles. The molecular formula is C28H23F2NO4. The van der Waals surface area contributed by atoms with E-state index in [0.717, 1.165) is 22.3 Å². The Morgan fingerprint density at radius 3 is 2.00 bits per heavy atom. The number of carbonyl (C=O) groups is 2. The summed E-state index contributed by atoms with van der Waals surface area (Å²) in [4.78, 5) is 24.7. The lowest BCUT2D eigenvalue weighted by Crippen LogP contribution is -2.74. The number of rotatable bonds is 6. The molecule has 3 aromatic rings. The molecule has 2 N–H and O–H groups in total. The number of benzene rings is 3. The molecule has 1 atom stereocenters. The van der Waals surface area contributed by atoms with E-state index in [-0.39, 0.29) is 18.1 Å². The third kappa shape index (κ3) is 3.17. The lowest BCUT2D eigenvalue weighted by Gasteiger charge is -2.72. The van der Waals surface area contributed by atoms with E-state index in [1.165, 1.54) is 18.2 Å². The number of alkyl carbamates (subject to hydrolysis) is 1. The molecule has 7 rings (SSSR count). The van der Waals surface area contributed by atoms with Gasteiger partial charge in [0.2, 0.25) is 0 Å². The van der Waals surface area contributed by atoms with E-state index >= 15 is 0 Å². The Bertz CT molecular complexity index is 1290. The highest BCUT2D eigenvalue weighted by Crippen LogP contribution is 2.75. The smallest absolute Gasteiger partial charge is 0.407 e. The molecule has 7 heteroatoms. The topological polar surface area (TPSA) is 75.6 Å². The zero-order chi connectivity index (χ0) is 24.4. The molecule has 1 unspecified atom stereocenters. The first-order valence-corrected chi connectivity index (χ1v) is 11.6. The third-order valence-electron chi connectivity index (χ3n) is 8.03. The van der Waals surface area contributed by atoms with Crippen molar-refractivity contribution in [1.82, 2.24) is 5.32 Å². The summed E-state index contributed by atoms with van der Waals surface area (Å²) < 4.78 is 34.1. The highest BCUT2D eigenvalue weighted by molar-refractivity contribution is 5.82. The summed E-state index contributed by atoms with van der Waals surface area (Å²) in [5.41, 5.74) is 2.90. The minimum Gasteiger partial charge on any atom is -0.480 e. The van der Waals surface area contributed by atoms with Gasteiger partial charge in [-0.15, -0.1) is 0 Å². The van der Waals surface area contributed by atoms with Crippen molar-refractivity contribution < 1.29 is 28.2 Å². The van der Waals surface area contributed by atoms with Gasteiger partial charge in [0.05, 0.1) is 0 Å². The standard InChI is InChI=1S/C28H23F2NO4/c29-21-10-5-11-22(30)23(21)27-13-28(14-27,15-27)24(25(32)33)31-26(34)35-12-20-18-8-3-1-6-16(18)17-7-2-4-9-19(17)20/h1-11,20,24H,12-15H2,(H,31,34)(H,32,33). The van der Waals surface area contributed by atoms with Crippen LogP contribution >= 0.6 is 0 Å². The number of ether oxygens (including phenoxy) is 1. The van der Waals surface area contributed by atoms with E-state index in [2.05, 4.69) is 5.32 Å². The van der Waals surface area contributed by atoms with Crippen molar-refractivity contribution in [2.75, 3.05) is 6.61 Å². The first-order chi connectivity index (χ1) is 16.8. The summed E-state index contributed by atoms with van der Waals surface area (Å²) in [5.74, 6) is -2.55. The van der Waals surface area contributed by atoms with Gasteiger partial charge < -0.3 is 15.2 Å². The van der Waals surface area contributed by atoms with Crippen molar-refractivity contribution in [3.8, 4) is 11.1 Å². The second-order valence-corrected chi connectivity index (χ2v) is 10.0. The maximum absolute atomic E-state index is 14.3.